The van der Waals surface area contributed by atoms with Gasteiger partial charge in [-0.1, -0.05) is 25.4 Å². The number of nitrogens with zero attached hydrogens (tertiary/aromatic N) is 4. The SMILES string of the molecule is Cc1nn(C)c(Cn2ncc(NCC(C)C)cc2=O)c1Cl. The van der Waals surface area contributed by atoms with Gasteiger partial charge >= 0.3 is 0 Å². The van der Waals surface area contributed by atoms with Crippen LogP contribution in [-0.2, 0) is 13.6 Å². The van der Waals surface area contributed by atoms with Gasteiger partial charge in [-0.3, -0.25) is 9.48 Å². The number of halogens is 1. The van der Waals surface area contributed by atoms with Gasteiger partial charge in [-0.05, 0) is 12.8 Å². The zero-order valence-electron chi connectivity index (χ0n) is 12.7. The molecule has 0 saturated heterocycles. The van der Waals surface area contributed by atoms with Crippen molar-refractivity contribution >= 4 is 17.3 Å². The predicted molar refractivity (Wildman–Crippen MR) is 83.9 cm³/mol. The summed E-state index contributed by atoms with van der Waals surface area (Å²) in [7, 11) is 1.80. The monoisotopic (exact) mass is 309 g/mol. The summed E-state index contributed by atoms with van der Waals surface area (Å²) in [6, 6.07) is 1.55. The Bertz CT molecular complexity index is 689. The average molecular weight is 310 g/mol. The van der Waals surface area contributed by atoms with E-state index in [2.05, 4.69) is 29.4 Å². The molecular formula is C14H20ClN5O. The Morgan fingerprint density at radius 2 is 2.14 bits per heavy atom. The highest BCUT2D eigenvalue weighted by Gasteiger charge is 2.12. The normalized spacial score (nSPS) is 11.1. The first-order chi connectivity index (χ1) is 9.88. The van der Waals surface area contributed by atoms with E-state index in [1.807, 2.05) is 6.92 Å². The van der Waals surface area contributed by atoms with E-state index in [1.165, 1.54) is 4.68 Å². The molecule has 0 aliphatic carbocycles. The van der Waals surface area contributed by atoms with Crippen LogP contribution in [0.25, 0.3) is 0 Å². The molecule has 0 saturated carbocycles. The molecule has 6 nitrogen and oxygen atoms in total. The first-order valence-corrected chi connectivity index (χ1v) is 7.25. The van der Waals surface area contributed by atoms with Gasteiger partial charge in [0, 0.05) is 19.7 Å². The molecule has 7 heteroatoms. The summed E-state index contributed by atoms with van der Waals surface area (Å²) in [5.41, 5.74) is 2.08. The molecule has 2 heterocycles. The van der Waals surface area contributed by atoms with Crippen LogP contribution in [-0.4, -0.2) is 26.1 Å². The molecule has 21 heavy (non-hydrogen) atoms. The molecule has 0 amide bonds. The summed E-state index contributed by atoms with van der Waals surface area (Å²) >= 11 is 6.19. The van der Waals surface area contributed by atoms with Crippen LogP contribution in [0.5, 0.6) is 0 Å². The van der Waals surface area contributed by atoms with Crippen LogP contribution in [0.15, 0.2) is 17.1 Å². The highest BCUT2D eigenvalue weighted by Crippen LogP contribution is 2.19. The zero-order chi connectivity index (χ0) is 15.6. The fourth-order valence-electron chi connectivity index (χ4n) is 1.96. The second-order valence-corrected chi connectivity index (χ2v) is 5.86. The minimum Gasteiger partial charge on any atom is -0.383 e. The van der Waals surface area contributed by atoms with E-state index in [-0.39, 0.29) is 5.56 Å². The molecule has 2 aromatic heterocycles. The molecule has 0 aliphatic heterocycles. The van der Waals surface area contributed by atoms with Crippen LogP contribution in [0.4, 0.5) is 5.69 Å². The van der Waals surface area contributed by atoms with Crippen molar-refractivity contribution in [2.75, 3.05) is 11.9 Å². The minimum absolute atomic E-state index is 0.168. The smallest absolute Gasteiger partial charge is 0.269 e. The number of nitrogens with one attached hydrogen (secondary N) is 1. The molecular weight excluding hydrogens is 290 g/mol. The summed E-state index contributed by atoms with van der Waals surface area (Å²) in [6.07, 6.45) is 1.65. The number of hydrogen-bond acceptors (Lipinski definition) is 4. The van der Waals surface area contributed by atoms with Crippen molar-refractivity contribution in [3.8, 4) is 0 Å². The number of hydrogen-bond donors (Lipinski definition) is 1. The van der Waals surface area contributed by atoms with Gasteiger partial charge in [0.25, 0.3) is 5.56 Å². The van der Waals surface area contributed by atoms with E-state index < -0.39 is 0 Å². The summed E-state index contributed by atoms with van der Waals surface area (Å²) < 4.78 is 3.06. The van der Waals surface area contributed by atoms with Crippen molar-refractivity contribution in [2.24, 2.45) is 13.0 Å². The molecule has 114 valence electrons. The summed E-state index contributed by atoms with van der Waals surface area (Å²) in [4.78, 5) is 12.1. The van der Waals surface area contributed by atoms with Gasteiger partial charge in [-0.2, -0.15) is 10.2 Å². The van der Waals surface area contributed by atoms with Crippen molar-refractivity contribution < 1.29 is 0 Å². The fraction of sp³-hybridized carbons (Fsp3) is 0.500. The number of anilines is 1. The van der Waals surface area contributed by atoms with Gasteiger partial charge in [0.1, 0.15) is 0 Å². The molecule has 0 aromatic carbocycles. The van der Waals surface area contributed by atoms with E-state index >= 15 is 0 Å². The van der Waals surface area contributed by atoms with Crippen LogP contribution < -0.4 is 10.9 Å². The lowest BCUT2D eigenvalue weighted by Crippen LogP contribution is -2.24. The third-order valence-corrected chi connectivity index (χ3v) is 3.64. The Morgan fingerprint density at radius 3 is 2.67 bits per heavy atom. The van der Waals surface area contributed by atoms with Crippen molar-refractivity contribution in [1.82, 2.24) is 19.6 Å². The Kier molecular flexibility index (Phi) is 4.67. The summed E-state index contributed by atoms with van der Waals surface area (Å²) in [6.45, 7) is 7.15. The quantitative estimate of drug-likeness (QED) is 0.918. The molecule has 0 radical (unpaired) electrons. The van der Waals surface area contributed by atoms with Gasteiger partial charge in [-0.15, -0.1) is 0 Å². The predicted octanol–water partition coefficient (Wildman–Crippen LogP) is 2.05. The molecule has 0 aliphatic rings. The second-order valence-electron chi connectivity index (χ2n) is 5.48. The molecule has 0 atom stereocenters. The summed E-state index contributed by atoms with van der Waals surface area (Å²) in [5, 5.41) is 12.2. The van der Waals surface area contributed by atoms with Crippen molar-refractivity contribution in [3.05, 3.63) is 39.0 Å². The van der Waals surface area contributed by atoms with Crippen molar-refractivity contribution in [1.29, 1.82) is 0 Å². The maximum atomic E-state index is 12.1. The fourth-order valence-corrected chi connectivity index (χ4v) is 2.18. The van der Waals surface area contributed by atoms with Gasteiger partial charge in [0.15, 0.2) is 0 Å². The number of aromatic nitrogens is 4. The molecule has 1 N–H and O–H groups in total. The number of aryl methyl sites for hydroxylation is 2. The minimum atomic E-state index is -0.168. The third kappa shape index (κ3) is 3.64. The first-order valence-electron chi connectivity index (χ1n) is 6.87. The molecule has 0 fully saturated rings. The topological polar surface area (TPSA) is 64.7 Å². The van der Waals surface area contributed by atoms with Crippen LogP contribution >= 0.6 is 11.6 Å². The molecule has 0 unspecified atom stereocenters. The molecule has 2 aromatic rings. The Labute approximate surface area is 128 Å². The Morgan fingerprint density at radius 1 is 1.43 bits per heavy atom. The van der Waals surface area contributed by atoms with E-state index in [1.54, 1.807) is 24.0 Å². The highest BCUT2D eigenvalue weighted by atomic mass is 35.5. The lowest BCUT2D eigenvalue weighted by atomic mass is 10.2. The Hall–Kier alpha value is -1.82. The van der Waals surface area contributed by atoms with E-state index in [4.69, 9.17) is 11.6 Å². The summed E-state index contributed by atoms with van der Waals surface area (Å²) in [5.74, 6) is 0.503. The maximum absolute atomic E-state index is 12.1. The van der Waals surface area contributed by atoms with Gasteiger partial charge in [-0.25, -0.2) is 4.68 Å². The lowest BCUT2D eigenvalue weighted by Gasteiger charge is -2.10. The van der Waals surface area contributed by atoms with Crippen molar-refractivity contribution in [3.63, 3.8) is 0 Å². The third-order valence-electron chi connectivity index (χ3n) is 3.15. The van der Waals surface area contributed by atoms with Crippen LogP contribution in [0.2, 0.25) is 5.02 Å². The first kappa shape index (κ1) is 15.6. The van der Waals surface area contributed by atoms with Crippen LogP contribution in [0, 0.1) is 12.8 Å². The average Bonchev–Trinajstić information content (AvgIpc) is 2.65. The molecule has 0 bridgehead atoms. The van der Waals surface area contributed by atoms with Gasteiger partial charge in [0.2, 0.25) is 0 Å². The lowest BCUT2D eigenvalue weighted by molar-refractivity contribution is 0.590. The maximum Gasteiger partial charge on any atom is 0.269 e. The van der Waals surface area contributed by atoms with Crippen LogP contribution in [0.1, 0.15) is 25.2 Å². The second kappa shape index (κ2) is 6.30. The van der Waals surface area contributed by atoms with E-state index in [0.29, 0.717) is 17.5 Å². The highest BCUT2D eigenvalue weighted by molar-refractivity contribution is 6.31. The Balaban J connectivity index is 2.20. The molecule has 2 rings (SSSR count). The zero-order valence-corrected chi connectivity index (χ0v) is 13.5. The van der Waals surface area contributed by atoms with E-state index in [9.17, 15) is 4.79 Å². The molecule has 0 spiro atoms. The van der Waals surface area contributed by atoms with Gasteiger partial charge < -0.3 is 5.32 Å². The largest absolute Gasteiger partial charge is 0.383 e. The van der Waals surface area contributed by atoms with Crippen LogP contribution in [0.3, 0.4) is 0 Å². The van der Waals surface area contributed by atoms with Crippen molar-refractivity contribution in [2.45, 2.75) is 27.3 Å². The van der Waals surface area contributed by atoms with Gasteiger partial charge in [0.05, 0.1) is 34.8 Å². The number of rotatable bonds is 5. The van der Waals surface area contributed by atoms with E-state index in [0.717, 1.165) is 23.6 Å². The standard InChI is InChI=1S/C14H20ClN5O/c1-9(2)6-16-11-5-13(21)20(17-7-11)8-12-14(15)10(3)18-19(12)4/h5,7,9,16H,6,8H2,1-4H3.